The predicted molar refractivity (Wildman–Crippen MR) is 126 cm³/mol. The summed E-state index contributed by atoms with van der Waals surface area (Å²) in [5.74, 6) is 0.664. The third-order valence-corrected chi connectivity index (χ3v) is 6.21. The van der Waals surface area contributed by atoms with Crippen molar-refractivity contribution in [2.45, 2.75) is 12.8 Å². The molecule has 1 aliphatic rings. The van der Waals surface area contributed by atoms with Crippen molar-refractivity contribution in [3.8, 4) is 16.9 Å². The molecule has 31 heavy (non-hydrogen) atoms. The highest BCUT2D eigenvalue weighted by molar-refractivity contribution is 6.18. The van der Waals surface area contributed by atoms with Crippen LogP contribution in [0.4, 0.5) is 5.69 Å². The summed E-state index contributed by atoms with van der Waals surface area (Å²) in [4.78, 5) is 4.59. The quantitative estimate of drug-likeness (QED) is 0.309. The molecule has 5 heteroatoms. The van der Waals surface area contributed by atoms with Gasteiger partial charge in [0.1, 0.15) is 16.9 Å². The van der Waals surface area contributed by atoms with Gasteiger partial charge in [0.25, 0.3) is 0 Å². The van der Waals surface area contributed by atoms with Crippen LogP contribution in [-0.4, -0.2) is 13.1 Å². The second kappa shape index (κ2) is 6.51. The number of nitrogens with two attached hydrogens (primary N) is 2. The van der Waals surface area contributed by atoms with Gasteiger partial charge in [-0.15, -0.1) is 0 Å². The molecule has 0 unspecified atom stereocenters. The number of rotatable bonds is 3. The average molecular weight is 407 g/mol. The van der Waals surface area contributed by atoms with E-state index in [1.165, 1.54) is 21.9 Å². The zero-order valence-corrected chi connectivity index (χ0v) is 17.1. The molecule has 0 aliphatic heterocycles. The maximum absolute atomic E-state index is 6.11. The fraction of sp³-hybridized carbons (Fsp3) is 0.115. The van der Waals surface area contributed by atoms with Crippen LogP contribution in [0, 0.1) is 0 Å². The van der Waals surface area contributed by atoms with Gasteiger partial charge in [-0.3, -0.25) is 0 Å². The number of ether oxygens (including phenoxy) is 1. The first-order valence-corrected chi connectivity index (χ1v) is 10.3. The third kappa shape index (κ3) is 2.53. The monoisotopic (exact) mass is 407 g/mol. The van der Waals surface area contributed by atoms with E-state index in [2.05, 4.69) is 35.3 Å². The van der Waals surface area contributed by atoms with Crippen LogP contribution in [0.3, 0.4) is 0 Å². The van der Waals surface area contributed by atoms with Crippen molar-refractivity contribution < 1.29 is 9.15 Å². The number of hydrogen-bond acceptors (Lipinski definition) is 3. The highest BCUT2D eigenvalue weighted by Crippen LogP contribution is 2.50. The topological polar surface area (TPSA) is 86.8 Å². The molecule has 0 saturated heterocycles. The molecule has 1 aromatic heterocycles. The standard InChI is InChI=1S/C26H21N3O2/c1-30-20-13-21-24(18-6-2-3-8-19(18)31-21)25(29-26(27)28)23(20)17-12-11-15-10-9-14-5-4-7-16(17)22(14)15/h2-8,11-13H,9-10H2,1H3,(H4,27,28,29). The van der Waals surface area contributed by atoms with Crippen molar-refractivity contribution >= 4 is 44.4 Å². The molecule has 1 aliphatic carbocycles. The summed E-state index contributed by atoms with van der Waals surface area (Å²) < 4.78 is 12.0. The van der Waals surface area contributed by atoms with Crippen LogP contribution in [0.2, 0.25) is 0 Å². The number of aliphatic imine (C=N–C) groups is 1. The number of hydrogen-bond donors (Lipinski definition) is 2. The van der Waals surface area contributed by atoms with Crippen molar-refractivity contribution in [3.63, 3.8) is 0 Å². The van der Waals surface area contributed by atoms with E-state index in [1.807, 2.05) is 30.3 Å². The Hall–Kier alpha value is -3.99. The number of nitrogens with zero attached hydrogens (tertiary/aromatic N) is 1. The lowest BCUT2D eigenvalue weighted by Crippen LogP contribution is -2.22. The molecule has 0 fully saturated rings. The van der Waals surface area contributed by atoms with Gasteiger partial charge in [0, 0.05) is 11.5 Å². The van der Waals surface area contributed by atoms with E-state index in [4.69, 9.17) is 20.6 Å². The molecule has 1 heterocycles. The first-order chi connectivity index (χ1) is 15.2. The highest BCUT2D eigenvalue weighted by atomic mass is 16.5. The summed E-state index contributed by atoms with van der Waals surface area (Å²) in [6.45, 7) is 0. The molecule has 0 atom stereocenters. The van der Waals surface area contributed by atoms with Crippen LogP contribution in [-0.2, 0) is 12.8 Å². The maximum Gasteiger partial charge on any atom is 0.191 e. The zero-order valence-electron chi connectivity index (χ0n) is 17.1. The lowest BCUT2D eigenvalue weighted by molar-refractivity contribution is 0.416. The Labute approximate surface area is 178 Å². The molecular formula is C26H21N3O2. The van der Waals surface area contributed by atoms with E-state index in [1.54, 1.807) is 7.11 Å². The maximum atomic E-state index is 6.11. The number of para-hydroxylation sites is 1. The fourth-order valence-electron chi connectivity index (χ4n) is 4.97. The van der Waals surface area contributed by atoms with E-state index in [-0.39, 0.29) is 5.96 Å². The Morgan fingerprint density at radius 3 is 2.45 bits per heavy atom. The molecule has 6 rings (SSSR count). The number of furan rings is 1. The fourth-order valence-corrected chi connectivity index (χ4v) is 4.97. The molecular weight excluding hydrogens is 386 g/mol. The predicted octanol–water partition coefficient (Wildman–Crippen LogP) is 5.42. The van der Waals surface area contributed by atoms with Crippen LogP contribution >= 0.6 is 0 Å². The average Bonchev–Trinajstić information content (AvgIpc) is 3.36. The van der Waals surface area contributed by atoms with Gasteiger partial charge in [-0.1, -0.05) is 48.5 Å². The molecule has 0 spiro atoms. The number of guanidine groups is 1. The third-order valence-electron chi connectivity index (χ3n) is 6.21. The largest absolute Gasteiger partial charge is 0.496 e. The summed E-state index contributed by atoms with van der Waals surface area (Å²) in [7, 11) is 1.66. The van der Waals surface area contributed by atoms with Crippen LogP contribution in [0.1, 0.15) is 11.1 Å². The first kappa shape index (κ1) is 17.8. The number of benzene rings is 4. The second-order valence-corrected chi connectivity index (χ2v) is 7.92. The molecule has 0 amide bonds. The molecule has 152 valence electrons. The molecule has 0 saturated carbocycles. The molecule has 5 nitrogen and oxygen atoms in total. The Morgan fingerprint density at radius 1 is 0.871 bits per heavy atom. The van der Waals surface area contributed by atoms with Gasteiger partial charge < -0.3 is 20.6 Å². The van der Waals surface area contributed by atoms with Gasteiger partial charge in [0.05, 0.1) is 23.7 Å². The zero-order chi connectivity index (χ0) is 21.1. The molecule has 4 aromatic carbocycles. The van der Waals surface area contributed by atoms with Crippen LogP contribution < -0.4 is 16.2 Å². The Kier molecular flexibility index (Phi) is 3.74. The van der Waals surface area contributed by atoms with E-state index < -0.39 is 0 Å². The van der Waals surface area contributed by atoms with Crippen molar-refractivity contribution in [2.75, 3.05) is 7.11 Å². The van der Waals surface area contributed by atoms with Gasteiger partial charge in [0.2, 0.25) is 0 Å². The second-order valence-electron chi connectivity index (χ2n) is 7.92. The molecule has 5 aromatic rings. The van der Waals surface area contributed by atoms with Crippen molar-refractivity contribution in [1.82, 2.24) is 0 Å². The normalized spacial score (nSPS) is 12.7. The van der Waals surface area contributed by atoms with Gasteiger partial charge in [0.15, 0.2) is 5.96 Å². The lowest BCUT2D eigenvalue weighted by Gasteiger charge is -2.16. The lowest BCUT2D eigenvalue weighted by atomic mass is 9.92. The van der Waals surface area contributed by atoms with Crippen LogP contribution in [0.15, 0.2) is 70.1 Å². The Morgan fingerprint density at radius 2 is 1.65 bits per heavy atom. The Balaban J connectivity index is 1.82. The molecule has 4 N–H and O–H groups in total. The van der Waals surface area contributed by atoms with Crippen molar-refractivity contribution in [1.29, 1.82) is 0 Å². The SMILES string of the molecule is COc1cc2oc3ccccc3c2c(N=C(N)N)c1-c1ccc2c3c(cccc13)CC2. The van der Waals surface area contributed by atoms with Gasteiger partial charge in [-0.05, 0) is 46.4 Å². The smallest absolute Gasteiger partial charge is 0.191 e. The van der Waals surface area contributed by atoms with Gasteiger partial charge in [-0.2, -0.15) is 0 Å². The van der Waals surface area contributed by atoms with Crippen molar-refractivity contribution in [3.05, 3.63) is 71.8 Å². The summed E-state index contributed by atoms with van der Waals surface area (Å²) in [5, 5.41) is 4.36. The summed E-state index contributed by atoms with van der Waals surface area (Å²) >= 11 is 0. The van der Waals surface area contributed by atoms with E-state index in [9.17, 15) is 0 Å². The highest BCUT2D eigenvalue weighted by Gasteiger charge is 2.24. The summed E-state index contributed by atoms with van der Waals surface area (Å²) in [6, 6.07) is 20.7. The summed E-state index contributed by atoms with van der Waals surface area (Å²) in [6.07, 6.45) is 2.14. The van der Waals surface area contributed by atoms with E-state index >= 15 is 0 Å². The number of aryl methyl sites for hydroxylation is 2. The van der Waals surface area contributed by atoms with E-state index in [0.29, 0.717) is 17.0 Å². The van der Waals surface area contributed by atoms with Crippen molar-refractivity contribution in [2.24, 2.45) is 16.5 Å². The van der Waals surface area contributed by atoms with Gasteiger partial charge >= 0.3 is 0 Å². The minimum absolute atomic E-state index is 0.00739. The number of methoxy groups -OCH3 is 1. The molecule has 0 radical (unpaired) electrons. The van der Waals surface area contributed by atoms with E-state index in [0.717, 1.165) is 40.3 Å². The first-order valence-electron chi connectivity index (χ1n) is 10.3. The van der Waals surface area contributed by atoms with Crippen LogP contribution in [0.25, 0.3) is 43.8 Å². The van der Waals surface area contributed by atoms with Gasteiger partial charge in [-0.25, -0.2) is 4.99 Å². The van der Waals surface area contributed by atoms with Crippen LogP contribution in [0.5, 0.6) is 5.75 Å². The minimum Gasteiger partial charge on any atom is -0.496 e. The minimum atomic E-state index is -0.00739. The Bertz CT molecular complexity index is 1530. The molecule has 0 bridgehead atoms. The summed E-state index contributed by atoms with van der Waals surface area (Å²) in [5.41, 5.74) is 18.6. The number of fused-ring (bicyclic) bond motifs is 3.